The van der Waals surface area contributed by atoms with Crippen molar-refractivity contribution in [2.45, 2.75) is 46.4 Å². The van der Waals surface area contributed by atoms with Crippen LogP contribution in [-0.4, -0.2) is 37.1 Å². The number of benzene rings is 1. The molecule has 6 nitrogen and oxygen atoms in total. The second-order valence-electron chi connectivity index (χ2n) is 6.44. The van der Waals surface area contributed by atoms with Gasteiger partial charge in [0.15, 0.2) is 5.96 Å². The molecule has 26 heavy (non-hydrogen) atoms. The molecular weight excluding hydrogens is 349 g/mol. The van der Waals surface area contributed by atoms with Crippen LogP contribution in [0.2, 0.25) is 0 Å². The number of alkyl halides is 2. The largest absolute Gasteiger partial charge is 0.434 e. The van der Waals surface area contributed by atoms with Crippen molar-refractivity contribution in [2.75, 3.05) is 13.1 Å². The van der Waals surface area contributed by atoms with Gasteiger partial charge >= 0.3 is 6.61 Å². The summed E-state index contributed by atoms with van der Waals surface area (Å²) in [6.45, 7) is 4.55. The van der Waals surface area contributed by atoms with Gasteiger partial charge in [0, 0.05) is 12.1 Å². The number of aliphatic imine (C=N–C) groups is 1. The Labute approximate surface area is 151 Å². The minimum Gasteiger partial charge on any atom is -0.434 e. The molecule has 0 radical (unpaired) electrons. The third kappa shape index (κ3) is 8.09. The lowest BCUT2D eigenvalue weighted by molar-refractivity contribution is -0.121. The number of rotatable bonds is 7. The van der Waals surface area contributed by atoms with Gasteiger partial charge in [0.1, 0.15) is 11.6 Å². The Balaban J connectivity index is 2.82. The van der Waals surface area contributed by atoms with Crippen LogP contribution < -0.4 is 20.7 Å². The minimum atomic E-state index is -3.06. The first kappa shape index (κ1) is 21.6. The number of nitrogens with zero attached hydrogens (tertiary/aromatic N) is 1. The Bertz CT molecular complexity index is 631. The van der Waals surface area contributed by atoms with E-state index >= 15 is 0 Å². The quantitative estimate of drug-likeness (QED) is 0.506. The highest BCUT2D eigenvalue weighted by molar-refractivity contribution is 5.86. The molecule has 0 aromatic heterocycles. The summed E-state index contributed by atoms with van der Waals surface area (Å²) in [6.07, 6.45) is 0. The second kappa shape index (κ2) is 9.88. The number of halogens is 3. The molecule has 1 rings (SSSR count). The lowest BCUT2D eigenvalue weighted by atomic mass is 10.1. The lowest BCUT2D eigenvalue weighted by Crippen LogP contribution is -2.48. The van der Waals surface area contributed by atoms with Gasteiger partial charge < -0.3 is 20.7 Å². The molecule has 0 atom stereocenters. The zero-order valence-corrected chi connectivity index (χ0v) is 15.3. The first-order valence-corrected chi connectivity index (χ1v) is 8.17. The van der Waals surface area contributed by atoms with Crippen molar-refractivity contribution in [3.05, 3.63) is 29.6 Å². The number of ether oxygens (including phenoxy) is 1. The van der Waals surface area contributed by atoms with Crippen molar-refractivity contribution < 1.29 is 22.7 Å². The molecule has 1 aromatic carbocycles. The predicted molar refractivity (Wildman–Crippen MR) is 93.7 cm³/mol. The van der Waals surface area contributed by atoms with Crippen LogP contribution in [-0.2, 0) is 11.3 Å². The zero-order chi connectivity index (χ0) is 19.7. The van der Waals surface area contributed by atoms with Crippen LogP contribution in [0.3, 0.4) is 0 Å². The van der Waals surface area contributed by atoms with Gasteiger partial charge in [-0.15, -0.1) is 0 Å². The Morgan fingerprint density at radius 1 is 1.27 bits per heavy atom. The van der Waals surface area contributed by atoms with E-state index in [0.717, 1.165) is 6.07 Å². The van der Waals surface area contributed by atoms with E-state index in [9.17, 15) is 18.0 Å². The molecule has 0 bridgehead atoms. The van der Waals surface area contributed by atoms with Gasteiger partial charge in [-0.2, -0.15) is 8.78 Å². The predicted octanol–water partition coefficient (Wildman–Crippen LogP) is 2.40. The van der Waals surface area contributed by atoms with E-state index in [1.807, 2.05) is 27.7 Å². The van der Waals surface area contributed by atoms with Gasteiger partial charge in [-0.05, 0) is 39.8 Å². The Hall–Kier alpha value is -2.45. The number of hydrogen-bond acceptors (Lipinski definition) is 3. The summed E-state index contributed by atoms with van der Waals surface area (Å²) in [6, 6.07) is 3.66. The number of carbonyl (C=O) groups excluding carboxylic acids is 1. The molecule has 146 valence electrons. The van der Waals surface area contributed by atoms with Crippen LogP contribution in [0, 0.1) is 5.82 Å². The maximum Gasteiger partial charge on any atom is 0.387 e. The van der Waals surface area contributed by atoms with Crippen LogP contribution in [0.1, 0.15) is 33.3 Å². The van der Waals surface area contributed by atoms with Crippen LogP contribution in [0.25, 0.3) is 0 Å². The maximum atomic E-state index is 13.9. The van der Waals surface area contributed by atoms with Crippen LogP contribution >= 0.6 is 0 Å². The minimum absolute atomic E-state index is 0.0409. The zero-order valence-electron chi connectivity index (χ0n) is 15.3. The summed E-state index contributed by atoms with van der Waals surface area (Å²) < 4.78 is 43.2. The fraction of sp³-hybridized carbons (Fsp3) is 0.529. The van der Waals surface area contributed by atoms with Crippen molar-refractivity contribution >= 4 is 11.9 Å². The number of hydrogen-bond donors (Lipinski definition) is 3. The Morgan fingerprint density at radius 2 is 1.96 bits per heavy atom. The lowest BCUT2D eigenvalue weighted by Gasteiger charge is -2.21. The second-order valence-corrected chi connectivity index (χ2v) is 6.44. The smallest absolute Gasteiger partial charge is 0.387 e. The SMILES string of the molecule is CCNC(=NCc1c(F)cccc1OC(F)F)NCC(=O)NC(C)(C)C. The summed E-state index contributed by atoms with van der Waals surface area (Å²) >= 11 is 0. The van der Waals surface area contributed by atoms with E-state index in [2.05, 4.69) is 25.7 Å². The molecule has 0 spiro atoms. The molecule has 0 aliphatic heterocycles. The molecule has 0 saturated heterocycles. The Morgan fingerprint density at radius 3 is 2.54 bits per heavy atom. The number of nitrogens with one attached hydrogen (secondary N) is 3. The summed E-state index contributed by atoms with van der Waals surface area (Å²) in [7, 11) is 0. The van der Waals surface area contributed by atoms with Gasteiger partial charge in [0.2, 0.25) is 5.91 Å². The highest BCUT2D eigenvalue weighted by atomic mass is 19.3. The van der Waals surface area contributed by atoms with E-state index in [4.69, 9.17) is 0 Å². The molecule has 1 amide bonds. The molecule has 0 saturated carbocycles. The summed E-state index contributed by atoms with van der Waals surface area (Å²) in [5.41, 5.74) is -0.465. The van der Waals surface area contributed by atoms with Crippen LogP contribution in [0.15, 0.2) is 23.2 Å². The van der Waals surface area contributed by atoms with E-state index in [-0.39, 0.29) is 41.8 Å². The number of amides is 1. The van der Waals surface area contributed by atoms with E-state index < -0.39 is 12.4 Å². The van der Waals surface area contributed by atoms with Crippen molar-refractivity contribution in [1.29, 1.82) is 0 Å². The van der Waals surface area contributed by atoms with E-state index in [0.29, 0.717) is 6.54 Å². The summed E-state index contributed by atoms with van der Waals surface area (Å²) in [4.78, 5) is 16.0. The number of guanidine groups is 1. The van der Waals surface area contributed by atoms with Crippen LogP contribution in [0.5, 0.6) is 5.75 Å². The third-order valence-electron chi connectivity index (χ3n) is 2.96. The van der Waals surface area contributed by atoms with Gasteiger partial charge in [-0.1, -0.05) is 6.07 Å². The third-order valence-corrected chi connectivity index (χ3v) is 2.96. The van der Waals surface area contributed by atoms with Crippen molar-refractivity contribution in [3.8, 4) is 5.75 Å². The molecule has 9 heteroatoms. The van der Waals surface area contributed by atoms with Crippen molar-refractivity contribution in [1.82, 2.24) is 16.0 Å². The summed E-state index contributed by atoms with van der Waals surface area (Å²) in [5, 5.41) is 8.49. The number of carbonyl (C=O) groups is 1. The van der Waals surface area contributed by atoms with Crippen molar-refractivity contribution in [2.24, 2.45) is 4.99 Å². The van der Waals surface area contributed by atoms with Crippen molar-refractivity contribution in [3.63, 3.8) is 0 Å². The maximum absolute atomic E-state index is 13.9. The molecule has 0 unspecified atom stereocenters. The monoisotopic (exact) mass is 374 g/mol. The average Bonchev–Trinajstić information content (AvgIpc) is 2.49. The van der Waals surface area contributed by atoms with E-state index in [1.54, 1.807) is 0 Å². The van der Waals surface area contributed by atoms with Gasteiger partial charge in [-0.3, -0.25) is 4.79 Å². The summed E-state index contributed by atoms with van der Waals surface area (Å²) in [5.74, 6) is -0.961. The Kier molecular flexibility index (Phi) is 8.21. The van der Waals surface area contributed by atoms with Gasteiger partial charge in [0.05, 0.1) is 18.7 Å². The topological polar surface area (TPSA) is 74.8 Å². The molecule has 0 aliphatic carbocycles. The first-order valence-electron chi connectivity index (χ1n) is 8.17. The highest BCUT2D eigenvalue weighted by Gasteiger charge is 2.15. The first-order chi connectivity index (χ1) is 12.1. The molecule has 1 aromatic rings. The fourth-order valence-corrected chi connectivity index (χ4v) is 2.03. The average molecular weight is 374 g/mol. The van der Waals surface area contributed by atoms with Gasteiger partial charge in [0.25, 0.3) is 0 Å². The van der Waals surface area contributed by atoms with Gasteiger partial charge in [-0.25, -0.2) is 9.38 Å². The fourth-order valence-electron chi connectivity index (χ4n) is 2.03. The normalized spacial score (nSPS) is 12.1. The standard InChI is InChI=1S/C17H25F3N4O2/c1-5-21-16(23-10-14(25)24-17(2,3)4)22-9-11-12(18)7-6-8-13(11)26-15(19)20/h6-8,15H,5,9-10H2,1-4H3,(H,24,25)(H2,21,22,23). The van der Waals surface area contributed by atoms with Crippen LogP contribution in [0.4, 0.5) is 13.2 Å². The van der Waals surface area contributed by atoms with E-state index in [1.165, 1.54) is 12.1 Å². The molecule has 0 heterocycles. The highest BCUT2D eigenvalue weighted by Crippen LogP contribution is 2.24. The molecule has 0 aliphatic rings. The molecule has 3 N–H and O–H groups in total. The molecule has 0 fully saturated rings. The molecular formula is C17H25F3N4O2.